The van der Waals surface area contributed by atoms with Crippen LogP contribution in [0.5, 0.6) is 0 Å². The van der Waals surface area contributed by atoms with E-state index >= 15 is 0 Å². The molecule has 0 bridgehead atoms. The largest absolute Gasteiger partial charge is 0.416 e. The molecule has 0 aliphatic carbocycles. The Hall–Kier alpha value is -2.61. The number of hydrogen-bond acceptors (Lipinski definition) is 2. The van der Waals surface area contributed by atoms with E-state index in [1.54, 1.807) is 12.1 Å². The number of benzene rings is 2. The fraction of sp³-hybridized carbons (Fsp3) is 0.278. The van der Waals surface area contributed by atoms with Crippen molar-refractivity contribution >= 4 is 11.7 Å². The van der Waals surface area contributed by atoms with Gasteiger partial charge in [0.25, 0.3) is 0 Å². The van der Waals surface area contributed by atoms with Gasteiger partial charge in [-0.15, -0.1) is 0 Å². The molecule has 0 aliphatic heterocycles. The number of rotatable bonds is 5. The Labute approximate surface area is 148 Å². The van der Waals surface area contributed by atoms with Crippen molar-refractivity contribution in [1.82, 2.24) is 10.2 Å². The van der Waals surface area contributed by atoms with E-state index in [0.29, 0.717) is 0 Å². The third-order valence-corrected chi connectivity index (χ3v) is 3.80. The summed E-state index contributed by atoms with van der Waals surface area (Å²) in [6, 6.07) is 9.39. The lowest BCUT2D eigenvalue weighted by Crippen LogP contribution is -2.36. The molecule has 0 aliphatic rings. The molecule has 2 rings (SSSR count). The minimum absolute atomic E-state index is 0.186. The van der Waals surface area contributed by atoms with Gasteiger partial charge in [0.2, 0.25) is 0 Å². The summed E-state index contributed by atoms with van der Waals surface area (Å²) in [4.78, 5) is 13.9. The van der Waals surface area contributed by atoms with Crippen LogP contribution >= 0.6 is 0 Å². The predicted octanol–water partition coefficient (Wildman–Crippen LogP) is 4.27. The Morgan fingerprint density at radius 2 is 1.62 bits per heavy atom. The zero-order chi connectivity index (χ0) is 19.3. The molecule has 0 spiro atoms. The lowest BCUT2D eigenvalue weighted by molar-refractivity contribution is -0.137. The number of carbonyl (C=O) groups is 1. The molecule has 0 radical (unpaired) electrons. The molecule has 26 heavy (non-hydrogen) atoms. The van der Waals surface area contributed by atoms with E-state index in [1.165, 1.54) is 24.3 Å². The Balaban J connectivity index is 1.95. The number of anilines is 1. The summed E-state index contributed by atoms with van der Waals surface area (Å²) in [5, 5.41) is 5.14. The second-order valence-electron chi connectivity index (χ2n) is 5.94. The van der Waals surface area contributed by atoms with Crippen LogP contribution in [0, 0.1) is 5.82 Å². The van der Waals surface area contributed by atoms with Gasteiger partial charge in [0.05, 0.1) is 11.6 Å². The first kappa shape index (κ1) is 19.7. The molecule has 2 aromatic carbocycles. The first-order valence-corrected chi connectivity index (χ1v) is 7.81. The Morgan fingerprint density at radius 3 is 2.12 bits per heavy atom. The van der Waals surface area contributed by atoms with E-state index < -0.39 is 17.8 Å². The van der Waals surface area contributed by atoms with Crippen LogP contribution in [-0.2, 0) is 6.18 Å². The number of halogens is 4. The van der Waals surface area contributed by atoms with Gasteiger partial charge in [-0.2, -0.15) is 13.2 Å². The highest BCUT2D eigenvalue weighted by atomic mass is 19.4. The molecule has 2 aromatic rings. The third kappa shape index (κ3) is 5.45. The van der Waals surface area contributed by atoms with Gasteiger partial charge in [0.15, 0.2) is 0 Å². The highest BCUT2D eigenvalue weighted by Crippen LogP contribution is 2.29. The fourth-order valence-corrected chi connectivity index (χ4v) is 2.39. The number of urea groups is 1. The molecule has 2 amide bonds. The SMILES string of the molecule is CN(C)C(CNC(=O)Nc1ccc(C(F)(F)F)cc1)c1ccc(F)cc1. The van der Waals surface area contributed by atoms with Gasteiger partial charge in [0, 0.05) is 12.2 Å². The molecule has 2 N–H and O–H groups in total. The first-order chi connectivity index (χ1) is 12.2. The highest BCUT2D eigenvalue weighted by molar-refractivity contribution is 5.89. The van der Waals surface area contributed by atoms with Crippen LogP contribution in [0.1, 0.15) is 17.2 Å². The molecule has 1 unspecified atom stereocenters. The standard InChI is InChI=1S/C18H19F4N3O/c1-25(2)16(12-3-7-14(19)8-4-12)11-23-17(26)24-15-9-5-13(6-10-15)18(20,21)22/h3-10,16H,11H2,1-2H3,(H2,23,24,26). The van der Waals surface area contributed by atoms with Crippen molar-refractivity contribution in [3.8, 4) is 0 Å². The van der Waals surface area contributed by atoms with Crippen molar-refractivity contribution in [2.75, 3.05) is 26.0 Å². The second-order valence-corrected chi connectivity index (χ2v) is 5.94. The highest BCUT2D eigenvalue weighted by Gasteiger charge is 2.30. The molecule has 0 aromatic heterocycles. The van der Waals surface area contributed by atoms with Gasteiger partial charge in [-0.1, -0.05) is 12.1 Å². The van der Waals surface area contributed by atoms with E-state index in [0.717, 1.165) is 17.7 Å². The molecular formula is C18H19F4N3O. The van der Waals surface area contributed by atoms with E-state index in [4.69, 9.17) is 0 Å². The molecule has 0 fully saturated rings. The van der Waals surface area contributed by atoms with Crippen LogP contribution in [0.2, 0.25) is 0 Å². The van der Waals surface area contributed by atoms with Gasteiger partial charge < -0.3 is 15.5 Å². The summed E-state index contributed by atoms with van der Waals surface area (Å²) in [7, 11) is 3.65. The summed E-state index contributed by atoms with van der Waals surface area (Å²) < 4.78 is 50.6. The number of nitrogens with zero attached hydrogens (tertiary/aromatic N) is 1. The summed E-state index contributed by atoms with van der Waals surface area (Å²) >= 11 is 0. The number of nitrogens with one attached hydrogen (secondary N) is 2. The average Bonchev–Trinajstić information content (AvgIpc) is 2.56. The van der Waals surface area contributed by atoms with E-state index in [-0.39, 0.29) is 24.1 Å². The minimum atomic E-state index is -4.42. The van der Waals surface area contributed by atoms with Gasteiger partial charge in [-0.25, -0.2) is 9.18 Å². The zero-order valence-electron chi connectivity index (χ0n) is 14.3. The van der Waals surface area contributed by atoms with Crippen molar-refractivity contribution in [2.24, 2.45) is 0 Å². The van der Waals surface area contributed by atoms with E-state index in [9.17, 15) is 22.4 Å². The van der Waals surface area contributed by atoms with Gasteiger partial charge in [-0.3, -0.25) is 0 Å². The topological polar surface area (TPSA) is 44.4 Å². The van der Waals surface area contributed by atoms with Crippen LogP contribution < -0.4 is 10.6 Å². The monoisotopic (exact) mass is 369 g/mol. The molecule has 0 heterocycles. The minimum Gasteiger partial charge on any atom is -0.336 e. The maximum atomic E-state index is 13.0. The van der Waals surface area contributed by atoms with Crippen molar-refractivity contribution < 1.29 is 22.4 Å². The van der Waals surface area contributed by atoms with Gasteiger partial charge in [0.1, 0.15) is 5.82 Å². The third-order valence-electron chi connectivity index (χ3n) is 3.80. The Bertz CT molecular complexity index is 728. The molecule has 0 saturated heterocycles. The van der Waals surface area contributed by atoms with Crippen molar-refractivity contribution in [2.45, 2.75) is 12.2 Å². The van der Waals surface area contributed by atoms with Gasteiger partial charge >= 0.3 is 12.2 Å². The van der Waals surface area contributed by atoms with Crippen molar-refractivity contribution in [3.05, 3.63) is 65.5 Å². The Kier molecular flexibility index (Phi) is 6.20. The number of likely N-dealkylation sites (N-methyl/N-ethyl adjacent to an activating group) is 1. The summed E-state index contributed by atoms with van der Waals surface area (Å²) in [5.74, 6) is -0.348. The fourth-order valence-electron chi connectivity index (χ4n) is 2.39. The normalized spacial score (nSPS) is 12.7. The zero-order valence-corrected chi connectivity index (χ0v) is 14.3. The smallest absolute Gasteiger partial charge is 0.336 e. The van der Waals surface area contributed by atoms with Crippen LogP contribution in [0.4, 0.5) is 28.0 Å². The van der Waals surface area contributed by atoms with Crippen molar-refractivity contribution in [3.63, 3.8) is 0 Å². The molecule has 8 heteroatoms. The second kappa shape index (κ2) is 8.18. The molecule has 140 valence electrons. The maximum absolute atomic E-state index is 13.0. The summed E-state index contributed by atoms with van der Waals surface area (Å²) in [6.45, 7) is 0.241. The molecule has 1 atom stereocenters. The summed E-state index contributed by atoms with van der Waals surface area (Å²) in [5.41, 5.74) is 0.289. The van der Waals surface area contributed by atoms with Crippen LogP contribution in [0.15, 0.2) is 48.5 Å². The van der Waals surface area contributed by atoms with Crippen molar-refractivity contribution in [1.29, 1.82) is 0 Å². The summed E-state index contributed by atoms with van der Waals surface area (Å²) in [6.07, 6.45) is -4.42. The van der Waals surface area contributed by atoms with Gasteiger partial charge in [-0.05, 0) is 56.1 Å². The molecule has 4 nitrogen and oxygen atoms in total. The lowest BCUT2D eigenvalue weighted by Gasteiger charge is -2.25. The number of alkyl halides is 3. The van der Waals surface area contributed by atoms with E-state index in [2.05, 4.69) is 10.6 Å². The van der Waals surface area contributed by atoms with Crippen LogP contribution in [0.3, 0.4) is 0 Å². The Morgan fingerprint density at radius 1 is 1.04 bits per heavy atom. The van der Waals surface area contributed by atoms with E-state index in [1.807, 2.05) is 19.0 Å². The quantitative estimate of drug-likeness (QED) is 0.773. The number of amides is 2. The van der Waals surface area contributed by atoms with Crippen LogP contribution in [-0.4, -0.2) is 31.6 Å². The van der Waals surface area contributed by atoms with Crippen LogP contribution in [0.25, 0.3) is 0 Å². The predicted molar refractivity (Wildman–Crippen MR) is 91.3 cm³/mol. The lowest BCUT2D eigenvalue weighted by atomic mass is 10.1. The number of hydrogen-bond donors (Lipinski definition) is 2. The first-order valence-electron chi connectivity index (χ1n) is 7.81. The maximum Gasteiger partial charge on any atom is 0.416 e. The molecular weight excluding hydrogens is 350 g/mol. The number of carbonyl (C=O) groups excluding carboxylic acids is 1. The molecule has 0 saturated carbocycles. The average molecular weight is 369 g/mol.